The fraction of sp³-hybridized carbons (Fsp3) is 0.257. The fourth-order valence-corrected chi connectivity index (χ4v) is 6.71. The molecule has 7 rings (SSSR count). The molecule has 0 radical (unpaired) electrons. The van der Waals surface area contributed by atoms with E-state index in [0.717, 1.165) is 42.0 Å². The number of hydrogen-bond acceptors (Lipinski definition) is 7. The van der Waals surface area contributed by atoms with E-state index in [1.807, 2.05) is 0 Å². The van der Waals surface area contributed by atoms with E-state index in [1.54, 1.807) is 60.9 Å². The average Bonchev–Trinajstić information content (AvgIpc) is 3.86. The number of rotatable bonds is 8. The highest BCUT2D eigenvalue weighted by Gasteiger charge is 2.40. The zero-order chi connectivity index (χ0) is 34.2. The number of fused-ring (bicyclic) bond motifs is 1. The van der Waals surface area contributed by atoms with Gasteiger partial charge in [-0.05, 0) is 42.7 Å². The minimum Gasteiger partial charge on any atom is -0.364 e. The number of nitrogens with one attached hydrogen (secondary N) is 1. The summed E-state index contributed by atoms with van der Waals surface area (Å²) in [5.74, 6) is -2.20. The number of carbonyl (C=O) groups is 3. The number of alkyl halides is 1. The number of primary amides is 1. The number of amides is 3. The molecule has 5 aromatic rings. The lowest BCUT2D eigenvalue weighted by molar-refractivity contribution is -0.137. The molecule has 2 aliphatic heterocycles. The van der Waals surface area contributed by atoms with Crippen molar-refractivity contribution in [3.63, 3.8) is 0 Å². The molecule has 2 aliphatic rings. The van der Waals surface area contributed by atoms with Gasteiger partial charge in [0.05, 0.1) is 17.7 Å². The number of likely N-dealkylation sites (tertiary alicyclic amines) is 1. The van der Waals surface area contributed by atoms with Gasteiger partial charge in [-0.1, -0.05) is 48.0 Å². The summed E-state index contributed by atoms with van der Waals surface area (Å²) < 4.78 is 31.6. The summed E-state index contributed by atoms with van der Waals surface area (Å²) in [5, 5.41) is 7.59. The molecule has 3 amide bonds. The standard InChI is InChI=1S/C35H31ClF2N8O3/c36-26-8-2-1-6-23(26)24-7-5-9-27(31(24)38)42-34(49)29-15-22(37)18-45(29)30(47)19-46-28-11-10-20(14-25(28)32(43-46)33(39)48)21-16-40-35(41-17-21)44-12-3-4-13-44/h1-2,5-11,14,16-17,22,29H,3-4,12-13,15,18-19H2,(H2,39,48)(H,42,49). The third kappa shape index (κ3) is 6.29. The first-order chi connectivity index (χ1) is 23.7. The van der Waals surface area contributed by atoms with E-state index in [9.17, 15) is 18.8 Å². The van der Waals surface area contributed by atoms with Crippen LogP contribution in [0.2, 0.25) is 5.02 Å². The smallest absolute Gasteiger partial charge is 0.269 e. The van der Waals surface area contributed by atoms with Gasteiger partial charge in [-0.15, -0.1) is 0 Å². The summed E-state index contributed by atoms with van der Waals surface area (Å²) in [5.41, 5.74) is 7.98. The minimum atomic E-state index is -1.48. The number of carbonyl (C=O) groups excluding carboxylic acids is 3. The molecule has 0 bridgehead atoms. The predicted molar refractivity (Wildman–Crippen MR) is 181 cm³/mol. The van der Waals surface area contributed by atoms with E-state index in [1.165, 1.54) is 16.8 Å². The first-order valence-corrected chi connectivity index (χ1v) is 16.2. The van der Waals surface area contributed by atoms with Crippen molar-refractivity contribution < 1.29 is 23.2 Å². The molecule has 2 unspecified atom stereocenters. The number of hydrogen-bond donors (Lipinski definition) is 2. The molecule has 0 saturated carbocycles. The lowest BCUT2D eigenvalue weighted by Gasteiger charge is -2.24. The first-order valence-electron chi connectivity index (χ1n) is 15.8. The Labute approximate surface area is 284 Å². The van der Waals surface area contributed by atoms with Crippen LogP contribution in [-0.2, 0) is 16.1 Å². The SMILES string of the molecule is NC(=O)c1nn(CC(=O)N2CC(F)CC2C(=O)Nc2cccc(-c3ccccc3Cl)c2F)c2ccc(-c3cnc(N4CCCC4)nc3)cc12. The molecule has 250 valence electrons. The zero-order valence-corrected chi connectivity index (χ0v) is 26.9. The van der Waals surface area contributed by atoms with Gasteiger partial charge in [0.1, 0.15) is 18.8 Å². The van der Waals surface area contributed by atoms with Crippen molar-refractivity contribution in [1.82, 2.24) is 24.6 Å². The maximum absolute atomic E-state index is 15.6. The molecule has 2 fully saturated rings. The van der Waals surface area contributed by atoms with Crippen molar-refractivity contribution in [3.05, 3.63) is 89.6 Å². The maximum atomic E-state index is 15.6. The zero-order valence-electron chi connectivity index (χ0n) is 26.2. The monoisotopic (exact) mass is 684 g/mol. The second kappa shape index (κ2) is 13.2. The van der Waals surface area contributed by atoms with Crippen LogP contribution < -0.4 is 16.0 Å². The largest absolute Gasteiger partial charge is 0.364 e. The average molecular weight is 685 g/mol. The Kier molecular flexibility index (Phi) is 8.68. The second-order valence-electron chi connectivity index (χ2n) is 12.1. The molecular formula is C35H31ClF2N8O3. The van der Waals surface area contributed by atoms with Crippen LogP contribution in [0.25, 0.3) is 33.2 Å². The summed E-state index contributed by atoms with van der Waals surface area (Å²) in [6.07, 6.45) is 3.89. The third-order valence-electron chi connectivity index (χ3n) is 8.92. The first kappa shape index (κ1) is 32.1. The van der Waals surface area contributed by atoms with E-state index in [4.69, 9.17) is 17.3 Å². The van der Waals surface area contributed by atoms with Gasteiger partial charge in [0.2, 0.25) is 17.8 Å². The number of aromatic nitrogens is 4. The van der Waals surface area contributed by atoms with Crippen molar-refractivity contribution in [2.24, 2.45) is 5.73 Å². The Balaban J connectivity index is 1.11. The number of nitrogens with two attached hydrogens (primary N) is 1. The molecule has 11 nitrogen and oxygen atoms in total. The highest BCUT2D eigenvalue weighted by atomic mass is 35.5. The van der Waals surface area contributed by atoms with Crippen LogP contribution in [0.4, 0.5) is 20.4 Å². The molecule has 3 N–H and O–H groups in total. The molecular weight excluding hydrogens is 654 g/mol. The Morgan fingerprint density at radius 3 is 2.43 bits per heavy atom. The molecule has 2 aromatic heterocycles. The molecule has 2 saturated heterocycles. The van der Waals surface area contributed by atoms with Gasteiger partial charge in [-0.2, -0.15) is 5.10 Å². The summed E-state index contributed by atoms with van der Waals surface area (Å²) in [6.45, 7) is 1.09. The van der Waals surface area contributed by atoms with Gasteiger partial charge < -0.3 is 20.9 Å². The van der Waals surface area contributed by atoms with Crippen LogP contribution in [-0.4, -0.2) is 74.2 Å². The van der Waals surface area contributed by atoms with Crippen molar-refractivity contribution in [1.29, 1.82) is 0 Å². The highest BCUT2D eigenvalue weighted by Crippen LogP contribution is 2.33. The van der Waals surface area contributed by atoms with Crippen molar-refractivity contribution >= 4 is 51.9 Å². The highest BCUT2D eigenvalue weighted by molar-refractivity contribution is 6.33. The van der Waals surface area contributed by atoms with Crippen LogP contribution in [0.15, 0.2) is 73.1 Å². The van der Waals surface area contributed by atoms with Crippen LogP contribution in [0.3, 0.4) is 0 Å². The molecule has 0 spiro atoms. The van der Waals surface area contributed by atoms with Crippen molar-refractivity contribution in [3.8, 4) is 22.3 Å². The van der Waals surface area contributed by atoms with E-state index >= 15 is 4.39 Å². The molecule has 3 aromatic carbocycles. The number of benzene rings is 3. The lowest BCUT2D eigenvalue weighted by atomic mass is 10.0. The summed E-state index contributed by atoms with van der Waals surface area (Å²) in [4.78, 5) is 51.7. The van der Waals surface area contributed by atoms with E-state index < -0.39 is 42.3 Å². The van der Waals surface area contributed by atoms with Gasteiger partial charge in [0, 0.05) is 59.0 Å². The van der Waals surface area contributed by atoms with Gasteiger partial charge in [-0.25, -0.2) is 18.7 Å². The van der Waals surface area contributed by atoms with Crippen molar-refractivity contribution in [2.45, 2.75) is 38.0 Å². The number of halogens is 3. The van der Waals surface area contributed by atoms with Crippen LogP contribution in [0, 0.1) is 5.82 Å². The second-order valence-corrected chi connectivity index (χ2v) is 12.5. The Hall–Kier alpha value is -5.43. The molecule has 14 heteroatoms. The van der Waals surface area contributed by atoms with E-state index in [2.05, 4.69) is 25.3 Å². The Morgan fingerprint density at radius 2 is 1.69 bits per heavy atom. The summed E-state index contributed by atoms with van der Waals surface area (Å²) >= 11 is 6.27. The maximum Gasteiger partial charge on any atom is 0.269 e. The fourth-order valence-electron chi connectivity index (χ4n) is 6.47. The van der Waals surface area contributed by atoms with E-state index in [0.29, 0.717) is 27.4 Å². The Bertz CT molecular complexity index is 2080. The van der Waals surface area contributed by atoms with E-state index in [-0.39, 0.29) is 29.9 Å². The van der Waals surface area contributed by atoms with Crippen LogP contribution >= 0.6 is 11.6 Å². The third-order valence-corrected chi connectivity index (χ3v) is 9.25. The van der Waals surface area contributed by atoms with Gasteiger partial charge >= 0.3 is 0 Å². The molecule has 49 heavy (non-hydrogen) atoms. The summed E-state index contributed by atoms with van der Waals surface area (Å²) in [6, 6.07) is 15.2. The summed E-state index contributed by atoms with van der Waals surface area (Å²) in [7, 11) is 0. The molecule has 4 heterocycles. The molecule has 0 aliphatic carbocycles. The van der Waals surface area contributed by atoms with Crippen molar-refractivity contribution in [2.75, 3.05) is 29.9 Å². The quantitative estimate of drug-likeness (QED) is 0.228. The number of anilines is 2. The van der Waals surface area contributed by atoms with Crippen LogP contribution in [0.1, 0.15) is 29.8 Å². The molecule has 2 atom stereocenters. The number of nitrogens with zero attached hydrogens (tertiary/aromatic N) is 6. The minimum absolute atomic E-state index is 0.0489. The van der Waals surface area contributed by atoms with Gasteiger partial charge in [0.25, 0.3) is 5.91 Å². The normalized spacial score (nSPS) is 17.5. The predicted octanol–water partition coefficient (Wildman–Crippen LogP) is 5.23. The lowest BCUT2D eigenvalue weighted by Crippen LogP contribution is -2.44. The van der Waals surface area contributed by atoms with Crippen LogP contribution in [0.5, 0.6) is 0 Å². The van der Waals surface area contributed by atoms with Gasteiger partial charge in [-0.3, -0.25) is 19.1 Å². The van der Waals surface area contributed by atoms with Gasteiger partial charge in [0.15, 0.2) is 11.5 Å². The Morgan fingerprint density at radius 1 is 0.959 bits per heavy atom. The topological polar surface area (TPSA) is 139 Å².